The molecule has 1 aromatic carbocycles. The summed E-state index contributed by atoms with van der Waals surface area (Å²) < 4.78 is 0. The molecule has 0 atom stereocenters. The average molecular weight is 221 g/mol. The van der Waals surface area contributed by atoms with E-state index in [0.717, 1.165) is 17.8 Å². The number of urea groups is 1. The molecule has 16 heavy (non-hydrogen) atoms. The highest BCUT2D eigenvalue weighted by molar-refractivity contribution is 5.94. The third-order valence-corrected chi connectivity index (χ3v) is 2.74. The van der Waals surface area contributed by atoms with Gasteiger partial charge in [0.2, 0.25) is 0 Å². The van der Waals surface area contributed by atoms with Crippen LogP contribution in [-0.4, -0.2) is 31.1 Å². The molecule has 0 bridgehead atoms. The Balaban J connectivity index is 2.29. The third kappa shape index (κ3) is 1.87. The first-order chi connectivity index (χ1) is 7.74. The predicted octanol–water partition coefficient (Wildman–Crippen LogP) is 0.949. The normalized spacial score (nSPS) is 16.0. The van der Waals surface area contributed by atoms with E-state index >= 15 is 0 Å². The van der Waals surface area contributed by atoms with E-state index in [1.54, 1.807) is 16.8 Å². The maximum Gasteiger partial charge on any atom is 0.324 e. The number of nitrogens with zero attached hydrogens (tertiary/aromatic N) is 2. The molecule has 5 heteroatoms. The van der Waals surface area contributed by atoms with Crippen LogP contribution in [0, 0.1) is 0 Å². The summed E-state index contributed by atoms with van der Waals surface area (Å²) in [6, 6.07) is 7.65. The molecule has 2 rings (SSSR count). The van der Waals surface area contributed by atoms with Crippen LogP contribution in [0.3, 0.4) is 0 Å². The first kappa shape index (κ1) is 10.9. The summed E-state index contributed by atoms with van der Waals surface area (Å²) in [5.74, 6) is 5.08. The standard InChI is InChI=1S/C11H15N3O2/c1-13-6-7-14(11(13)15)10-5-3-2-4-9(10)8-16-12/h2-5H,6-8,12H2,1H3. The van der Waals surface area contributed by atoms with E-state index in [4.69, 9.17) is 5.90 Å². The summed E-state index contributed by atoms with van der Waals surface area (Å²) in [6.45, 7) is 1.76. The Hall–Kier alpha value is -1.59. The predicted molar refractivity (Wildman–Crippen MR) is 60.8 cm³/mol. The smallest absolute Gasteiger partial charge is 0.324 e. The second kappa shape index (κ2) is 4.51. The minimum Gasteiger partial charge on any atom is -0.326 e. The number of rotatable bonds is 3. The molecule has 0 unspecified atom stereocenters. The van der Waals surface area contributed by atoms with Gasteiger partial charge in [0.1, 0.15) is 0 Å². The van der Waals surface area contributed by atoms with Gasteiger partial charge in [0.05, 0.1) is 12.3 Å². The van der Waals surface area contributed by atoms with Crippen molar-refractivity contribution in [3.05, 3.63) is 29.8 Å². The van der Waals surface area contributed by atoms with Gasteiger partial charge in [-0.15, -0.1) is 0 Å². The van der Waals surface area contributed by atoms with Crippen LogP contribution < -0.4 is 10.8 Å². The zero-order valence-corrected chi connectivity index (χ0v) is 9.22. The van der Waals surface area contributed by atoms with E-state index in [1.807, 2.05) is 24.3 Å². The van der Waals surface area contributed by atoms with Crippen molar-refractivity contribution in [1.82, 2.24) is 4.90 Å². The van der Waals surface area contributed by atoms with Crippen LogP contribution in [0.15, 0.2) is 24.3 Å². The fourth-order valence-electron chi connectivity index (χ4n) is 1.86. The van der Waals surface area contributed by atoms with Gasteiger partial charge in [0.25, 0.3) is 0 Å². The number of amides is 2. The lowest BCUT2D eigenvalue weighted by Crippen LogP contribution is -2.30. The van der Waals surface area contributed by atoms with Crippen molar-refractivity contribution in [1.29, 1.82) is 0 Å². The van der Waals surface area contributed by atoms with Gasteiger partial charge in [-0.2, -0.15) is 0 Å². The van der Waals surface area contributed by atoms with E-state index in [-0.39, 0.29) is 6.03 Å². The maximum absolute atomic E-state index is 11.8. The Morgan fingerprint density at radius 1 is 1.38 bits per heavy atom. The van der Waals surface area contributed by atoms with Crippen LogP contribution in [0.25, 0.3) is 0 Å². The van der Waals surface area contributed by atoms with Crippen LogP contribution in [0.5, 0.6) is 0 Å². The molecule has 1 saturated heterocycles. The summed E-state index contributed by atoms with van der Waals surface area (Å²) in [5.41, 5.74) is 1.80. The minimum atomic E-state index is 0.0180. The van der Waals surface area contributed by atoms with Crippen LogP contribution in [0.1, 0.15) is 5.56 Å². The second-order valence-electron chi connectivity index (χ2n) is 3.80. The number of hydrogen-bond donors (Lipinski definition) is 1. The van der Waals surface area contributed by atoms with Gasteiger partial charge in [-0.05, 0) is 6.07 Å². The van der Waals surface area contributed by atoms with Crippen LogP contribution >= 0.6 is 0 Å². The van der Waals surface area contributed by atoms with Gasteiger partial charge in [-0.25, -0.2) is 10.7 Å². The number of likely N-dealkylation sites (N-methyl/N-ethyl adjacent to an activating group) is 1. The van der Waals surface area contributed by atoms with E-state index in [2.05, 4.69) is 4.84 Å². The van der Waals surface area contributed by atoms with Crippen molar-refractivity contribution >= 4 is 11.7 Å². The molecule has 1 fully saturated rings. The summed E-state index contributed by atoms with van der Waals surface area (Å²) in [4.78, 5) is 19.9. The van der Waals surface area contributed by atoms with Gasteiger partial charge in [-0.3, -0.25) is 9.74 Å². The molecule has 0 saturated carbocycles. The van der Waals surface area contributed by atoms with E-state index in [0.29, 0.717) is 13.2 Å². The van der Waals surface area contributed by atoms with Crippen molar-refractivity contribution in [3.8, 4) is 0 Å². The lowest BCUT2D eigenvalue weighted by Gasteiger charge is -2.19. The zero-order chi connectivity index (χ0) is 11.5. The van der Waals surface area contributed by atoms with Gasteiger partial charge in [0.15, 0.2) is 0 Å². The van der Waals surface area contributed by atoms with Crippen molar-refractivity contribution in [3.63, 3.8) is 0 Å². The summed E-state index contributed by atoms with van der Waals surface area (Å²) in [5, 5.41) is 0. The van der Waals surface area contributed by atoms with Crippen molar-refractivity contribution in [2.45, 2.75) is 6.61 Å². The number of anilines is 1. The highest BCUT2D eigenvalue weighted by atomic mass is 16.6. The van der Waals surface area contributed by atoms with Gasteiger partial charge in [-0.1, -0.05) is 18.2 Å². The van der Waals surface area contributed by atoms with E-state index in [9.17, 15) is 4.79 Å². The fraction of sp³-hybridized carbons (Fsp3) is 0.364. The molecular weight excluding hydrogens is 206 g/mol. The molecule has 1 aliphatic rings. The Morgan fingerprint density at radius 3 is 2.75 bits per heavy atom. The van der Waals surface area contributed by atoms with Crippen molar-refractivity contribution in [2.75, 3.05) is 25.0 Å². The Morgan fingerprint density at radius 2 is 2.12 bits per heavy atom. The molecule has 1 aliphatic heterocycles. The number of carbonyl (C=O) groups excluding carboxylic acids is 1. The third-order valence-electron chi connectivity index (χ3n) is 2.74. The molecule has 5 nitrogen and oxygen atoms in total. The number of carbonyl (C=O) groups is 1. The summed E-state index contributed by atoms with van der Waals surface area (Å²) in [7, 11) is 1.80. The second-order valence-corrected chi connectivity index (χ2v) is 3.80. The molecule has 1 aromatic rings. The average Bonchev–Trinajstić information content (AvgIpc) is 2.61. The molecule has 0 aliphatic carbocycles. The SMILES string of the molecule is CN1CCN(c2ccccc2CON)C1=O. The van der Waals surface area contributed by atoms with Gasteiger partial charge in [0, 0.05) is 25.7 Å². The summed E-state index contributed by atoms with van der Waals surface area (Å²) in [6.07, 6.45) is 0. The molecule has 2 N–H and O–H groups in total. The highest BCUT2D eigenvalue weighted by Gasteiger charge is 2.27. The topological polar surface area (TPSA) is 58.8 Å². The van der Waals surface area contributed by atoms with Crippen molar-refractivity contribution in [2.24, 2.45) is 5.90 Å². The molecule has 86 valence electrons. The van der Waals surface area contributed by atoms with Crippen molar-refractivity contribution < 1.29 is 9.63 Å². The fourth-order valence-corrected chi connectivity index (χ4v) is 1.86. The monoisotopic (exact) mass is 221 g/mol. The van der Waals surface area contributed by atoms with Gasteiger partial charge < -0.3 is 4.90 Å². The van der Waals surface area contributed by atoms with E-state index in [1.165, 1.54) is 0 Å². The molecule has 0 spiro atoms. The number of para-hydroxylation sites is 1. The minimum absolute atomic E-state index is 0.0180. The Labute approximate surface area is 94.3 Å². The maximum atomic E-state index is 11.8. The van der Waals surface area contributed by atoms with E-state index < -0.39 is 0 Å². The van der Waals surface area contributed by atoms with Crippen LogP contribution in [0.4, 0.5) is 10.5 Å². The quantitative estimate of drug-likeness (QED) is 0.773. The largest absolute Gasteiger partial charge is 0.326 e. The van der Waals surface area contributed by atoms with Crippen LogP contribution in [-0.2, 0) is 11.4 Å². The molecule has 2 amide bonds. The number of benzene rings is 1. The lowest BCUT2D eigenvalue weighted by molar-refractivity contribution is 0.124. The summed E-state index contributed by atoms with van der Waals surface area (Å²) >= 11 is 0. The number of nitrogens with two attached hydrogens (primary N) is 1. The number of hydrogen-bond acceptors (Lipinski definition) is 3. The Bertz CT molecular complexity index is 395. The Kier molecular flexibility index (Phi) is 3.07. The molecule has 0 radical (unpaired) electrons. The molecular formula is C11H15N3O2. The lowest BCUT2D eigenvalue weighted by atomic mass is 10.2. The van der Waals surface area contributed by atoms with Crippen LogP contribution in [0.2, 0.25) is 0 Å². The molecule has 1 heterocycles. The highest BCUT2D eigenvalue weighted by Crippen LogP contribution is 2.24. The van der Waals surface area contributed by atoms with Gasteiger partial charge >= 0.3 is 6.03 Å². The molecule has 0 aromatic heterocycles. The first-order valence-corrected chi connectivity index (χ1v) is 5.16. The first-order valence-electron chi connectivity index (χ1n) is 5.16. The zero-order valence-electron chi connectivity index (χ0n) is 9.22.